The standard InChI is InChI=1S/C11H16FN3OS/c1-7(2-5-11(16)15-14)17-10-6-8(12)3-4-9(10)13/h3-4,6-7H,2,5,13-14H2,1H3,(H,15,16). The average Bonchev–Trinajstić information content (AvgIpc) is 2.30. The number of amides is 1. The SMILES string of the molecule is CC(CCC(=O)NN)Sc1cc(F)ccc1N. The van der Waals surface area contributed by atoms with Crippen LogP contribution in [0.4, 0.5) is 10.1 Å². The number of halogens is 1. The molecule has 0 spiro atoms. The molecule has 1 rings (SSSR count). The summed E-state index contributed by atoms with van der Waals surface area (Å²) in [6, 6.07) is 4.27. The molecule has 0 bridgehead atoms. The van der Waals surface area contributed by atoms with Gasteiger partial charge in [-0.3, -0.25) is 10.2 Å². The second kappa shape index (κ2) is 6.46. The molecule has 6 heteroatoms. The Morgan fingerprint density at radius 3 is 2.94 bits per heavy atom. The van der Waals surface area contributed by atoms with Gasteiger partial charge in [-0.1, -0.05) is 6.92 Å². The Hall–Kier alpha value is -1.27. The Kier molecular flexibility index (Phi) is 5.24. The van der Waals surface area contributed by atoms with Gasteiger partial charge in [0.2, 0.25) is 5.91 Å². The number of benzene rings is 1. The van der Waals surface area contributed by atoms with E-state index in [0.29, 0.717) is 23.4 Å². The highest BCUT2D eigenvalue weighted by atomic mass is 32.2. The molecule has 0 fully saturated rings. The van der Waals surface area contributed by atoms with Crippen LogP contribution in [-0.4, -0.2) is 11.2 Å². The van der Waals surface area contributed by atoms with E-state index in [2.05, 4.69) is 5.43 Å². The molecule has 1 aromatic rings. The van der Waals surface area contributed by atoms with Crippen molar-refractivity contribution in [1.29, 1.82) is 0 Å². The number of nitrogens with one attached hydrogen (secondary N) is 1. The molecule has 0 aromatic heterocycles. The zero-order chi connectivity index (χ0) is 12.8. The fourth-order valence-electron chi connectivity index (χ4n) is 1.29. The van der Waals surface area contributed by atoms with Crippen LogP contribution in [0.2, 0.25) is 0 Å². The maximum atomic E-state index is 13.0. The van der Waals surface area contributed by atoms with E-state index in [-0.39, 0.29) is 17.0 Å². The summed E-state index contributed by atoms with van der Waals surface area (Å²) in [5, 5.41) is 0.163. The normalized spacial score (nSPS) is 12.2. The molecule has 1 unspecified atom stereocenters. The number of rotatable bonds is 5. The van der Waals surface area contributed by atoms with Crippen LogP contribution in [-0.2, 0) is 4.79 Å². The van der Waals surface area contributed by atoms with Crippen molar-refractivity contribution in [3.63, 3.8) is 0 Å². The number of hydrogen-bond donors (Lipinski definition) is 3. The molecule has 1 aromatic carbocycles. The Bertz CT molecular complexity index is 400. The maximum absolute atomic E-state index is 13.0. The van der Waals surface area contributed by atoms with E-state index in [1.807, 2.05) is 6.92 Å². The molecule has 1 amide bonds. The molecular weight excluding hydrogens is 241 g/mol. The number of hydrazine groups is 1. The zero-order valence-electron chi connectivity index (χ0n) is 9.57. The molecule has 0 aliphatic heterocycles. The van der Waals surface area contributed by atoms with Crippen molar-refractivity contribution in [3.8, 4) is 0 Å². The van der Waals surface area contributed by atoms with Gasteiger partial charge >= 0.3 is 0 Å². The lowest BCUT2D eigenvalue weighted by Gasteiger charge is -2.12. The molecule has 17 heavy (non-hydrogen) atoms. The summed E-state index contributed by atoms with van der Waals surface area (Å²) in [6.07, 6.45) is 1.00. The van der Waals surface area contributed by atoms with Gasteiger partial charge in [0.25, 0.3) is 0 Å². The van der Waals surface area contributed by atoms with E-state index in [9.17, 15) is 9.18 Å². The predicted octanol–water partition coefficient (Wildman–Crippen LogP) is 1.66. The summed E-state index contributed by atoms with van der Waals surface area (Å²) in [5.74, 6) is 4.46. The van der Waals surface area contributed by atoms with Gasteiger partial charge in [-0.05, 0) is 24.6 Å². The number of hydrogen-bond acceptors (Lipinski definition) is 4. The van der Waals surface area contributed by atoms with E-state index >= 15 is 0 Å². The topological polar surface area (TPSA) is 81.1 Å². The Labute approximate surface area is 104 Å². The van der Waals surface area contributed by atoms with Gasteiger partial charge in [0.15, 0.2) is 0 Å². The summed E-state index contributed by atoms with van der Waals surface area (Å²) >= 11 is 1.45. The minimum absolute atomic E-state index is 0.163. The van der Waals surface area contributed by atoms with Gasteiger partial charge in [-0.25, -0.2) is 10.2 Å². The lowest BCUT2D eigenvalue weighted by Crippen LogP contribution is -2.30. The molecule has 0 aliphatic rings. The van der Waals surface area contributed by atoms with Crippen LogP contribution >= 0.6 is 11.8 Å². The van der Waals surface area contributed by atoms with Crippen molar-refractivity contribution >= 4 is 23.4 Å². The third-order valence-electron chi connectivity index (χ3n) is 2.24. The number of nitrogen functional groups attached to an aromatic ring is 1. The summed E-state index contributed by atoms with van der Waals surface area (Å²) < 4.78 is 13.0. The lowest BCUT2D eigenvalue weighted by atomic mass is 10.2. The first-order chi connectivity index (χ1) is 8.02. The van der Waals surface area contributed by atoms with Crippen LogP contribution in [0.5, 0.6) is 0 Å². The molecular formula is C11H16FN3OS. The van der Waals surface area contributed by atoms with Crippen LogP contribution in [0.1, 0.15) is 19.8 Å². The van der Waals surface area contributed by atoms with E-state index in [1.165, 1.54) is 30.0 Å². The van der Waals surface area contributed by atoms with Crippen molar-refractivity contribution in [1.82, 2.24) is 5.43 Å². The van der Waals surface area contributed by atoms with Crippen molar-refractivity contribution < 1.29 is 9.18 Å². The second-order valence-corrected chi connectivity index (χ2v) is 5.20. The van der Waals surface area contributed by atoms with E-state index in [0.717, 1.165) is 0 Å². The number of carbonyl (C=O) groups excluding carboxylic acids is 1. The van der Waals surface area contributed by atoms with Crippen LogP contribution in [0.3, 0.4) is 0 Å². The first-order valence-corrected chi connectivity index (χ1v) is 6.12. The van der Waals surface area contributed by atoms with Crippen molar-refractivity contribution in [2.75, 3.05) is 5.73 Å². The largest absolute Gasteiger partial charge is 0.398 e. The summed E-state index contributed by atoms with van der Waals surface area (Å²) in [4.78, 5) is 11.7. The van der Waals surface area contributed by atoms with E-state index < -0.39 is 0 Å². The second-order valence-electron chi connectivity index (χ2n) is 3.72. The highest BCUT2D eigenvalue weighted by Gasteiger charge is 2.10. The third-order valence-corrected chi connectivity index (χ3v) is 3.49. The summed E-state index contributed by atoms with van der Waals surface area (Å²) in [5.41, 5.74) is 8.35. The Morgan fingerprint density at radius 1 is 1.59 bits per heavy atom. The van der Waals surface area contributed by atoms with E-state index in [4.69, 9.17) is 11.6 Å². The van der Waals surface area contributed by atoms with Crippen LogP contribution in [0.25, 0.3) is 0 Å². The highest BCUT2D eigenvalue weighted by Crippen LogP contribution is 2.31. The fourth-order valence-corrected chi connectivity index (χ4v) is 2.35. The molecule has 0 heterocycles. The Balaban J connectivity index is 2.52. The number of nitrogens with two attached hydrogens (primary N) is 2. The molecule has 0 saturated heterocycles. The minimum Gasteiger partial charge on any atom is -0.398 e. The zero-order valence-corrected chi connectivity index (χ0v) is 10.4. The molecule has 5 N–H and O–H groups in total. The van der Waals surface area contributed by atoms with E-state index in [1.54, 1.807) is 0 Å². The number of carbonyl (C=O) groups is 1. The first-order valence-electron chi connectivity index (χ1n) is 5.24. The fraction of sp³-hybridized carbons (Fsp3) is 0.364. The molecule has 4 nitrogen and oxygen atoms in total. The predicted molar refractivity (Wildman–Crippen MR) is 67.7 cm³/mol. The van der Waals surface area contributed by atoms with Gasteiger partial charge in [-0.15, -0.1) is 11.8 Å². The minimum atomic E-state index is -0.311. The van der Waals surface area contributed by atoms with Crippen molar-refractivity contribution in [2.45, 2.75) is 29.9 Å². The lowest BCUT2D eigenvalue weighted by molar-refractivity contribution is -0.121. The summed E-state index contributed by atoms with van der Waals surface area (Å²) in [7, 11) is 0. The molecule has 0 radical (unpaired) electrons. The van der Waals surface area contributed by atoms with Crippen molar-refractivity contribution in [3.05, 3.63) is 24.0 Å². The summed E-state index contributed by atoms with van der Waals surface area (Å²) in [6.45, 7) is 1.96. The van der Waals surface area contributed by atoms with Gasteiger partial charge in [0.05, 0.1) is 0 Å². The molecule has 94 valence electrons. The smallest absolute Gasteiger partial charge is 0.233 e. The Morgan fingerprint density at radius 2 is 2.29 bits per heavy atom. The van der Waals surface area contributed by atoms with Crippen LogP contribution in [0.15, 0.2) is 23.1 Å². The number of anilines is 1. The van der Waals surface area contributed by atoms with Gasteiger partial charge in [-0.2, -0.15) is 0 Å². The number of thioether (sulfide) groups is 1. The van der Waals surface area contributed by atoms with Gasteiger partial charge < -0.3 is 5.73 Å². The highest BCUT2D eigenvalue weighted by molar-refractivity contribution is 8.00. The quantitative estimate of drug-likeness (QED) is 0.246. The monoisotopic (exact) mass is 257 g/mol. The maximum Gasteiger partial charge on any atom is 0.233 e. The van der Waals surface area contributed by atoms with Crippen LogP contribution in [0, 0.1) is 5.82 Å². The molecule has 1 atom stereocenters. The first kappa shape index (κ1) is 13.8. The third kappa shape index (κ3) is 4.62. The van der Waals surface area contributed by atoms with Gasteiger partial charge in [0, 0.05) is 22.3 Å². The molecule has 0 aliphatic carbocycles. The van der Waals surface area contributed by atoms with Crippen molar-refractivity contribution in [2.24, 2.45) is 5.84 Å². The van der Waals surface area contributed by atoms with Crippen LogP contribution < -0.4 is 17.0 Å². The average molecular weight is 257 g/mol. The molecule has 0 saturated carbocycles. The van der Waals surface area contributed by atoms with Gasteiger partial charge in [0.1, 0.15) is 5.82 Å².